The molecule has 0 aliphatic carbocycles. The molecule has 0 saturated heterocycles. The van der Waals surface area contributed by atoms with Crippen molar-refractivity contribution in [2.75, 3.05) is 6.61 Å². The van der Waals surface area contributed by atoms with E-state index in [1.807, 2.05) is 6.92 Å². The van der Waals surface area contributed by atoms with Crippen molar-refractivity contribution >= 4 is 16.1 Å². The van der Waals surface area contributed by atoms with E-state index < -0.39 is 21.1 Å². The number of rotatable bonds is 7. The first-order chi connectivity index (χ1) is 6.83. The minimum absolute atomic E-state index is 0.208. The summed E-state index contributed by atoms with van der Waals surface area (Å²) in [6.07, 6.45) is 0.242. The molecule has 4 unspecified atom stereocenters. The lowest BCUT2D eigenvalue weighted by atomic mass is 10.3. The van der Waals surface area contributed by atoms with Gasteiger partial charge < -0.3 is 14.2 Å². The third kappa shape index (κ3) is 3.93. The normalized spacial score (nSPS) is 21.9. The molecule has 0 aromatic rings. The average Bonchev–Trinajstić information content (AvgIpc) is 2.17. The Hall–Kier alpha value is 0.210. The van der Waals surface area contributed by atoms with Crippen LogP contribution in [0.5, 0.6) is 0 Å². The third-order valence-electron chi connectivity index (χ3n) is 2.05. The van der Waals surface area contributed by atoms with Crippen molar-refractivity contribution in [2.24, 2.45) is 0 Å². The van der Waals surface area contributed by atoms with Crippen LogP contribution >= 0.6 is 16.1 Å². The zero-order valence-corrected chi connectivity index (χ0v) is 11.4. The standard InChI is InChI=1S/C8H18O5P2/c1-5-7(3)13-15(10,11)8(4,14-9)12-6-2/h7H,5-6H2,1-4H3,(H,10,11)/p+1. The Bertz CT molecular complexity index is 257. The Morgan fingerprint density at radius 1 is 1.53 bits per heavy atom. The highest BCUT2D eigenvalue weighted by molar-refractivity contribution is 7.63. The van der Waals surface area contributed by atoms with E-state index in [1.165, 1.54) is 6.92 Å². The van der Waals surface area contributed by atoms with Crippen molar-refractivity contribution in [2.45, 2.75) is 45.3 Å². The summed E-state index contributed by atoms with van der Waals surface area (Å²) >= 11 is 0. The average molecular weight is 257 g/mol. The Morgan fingerprint density at radius 2 is 2.07 bits per heavy atom. The quantitative estimate of drug-likeness (QED) is 0.710. The first-order valence-corrected chi connectivity index (χ1v) is 7.36. The molecule has 0 heterocycles. The predicted molar refractivity (Wildman–Crippen MR) is 59.7 cm³/mol. The maximum Gasteiger partial charge on any atom is 0.409 e. The summed E-state index contributed by atoms with van der Waals surface area (Å²) in [7, 11) is -5.08. The van der Waals surface area contributed by atoms with Crippen LogP contribution in [0.4, 0.5) is 0 Å². The van der Waals surface area contributed by atoms with Crippen molar-refractivity contribution in [3.63, 3.8) is 0 Å². The lowest BCUT2D eigenvalue weighted by molar-refractivity contribution is 0.0617. The van der Waals surface area contributed by atoms with E-state index in [0.717, 1.165) is 0 Å². The Kier molecular flexibility index (Phi) is 6.16. The molecule has 0 radical (unpaired) electrons. The third-order valence-corrected chi connectivity index (χ3v) is 5.55. The highest BCUT2D eigenvalue weighted by atomic mass is 31.2. The molecule has 15 heavy (non-hydrogen) atoms. The van der Waals surface area contributed by atoms with Gasteiger partial charge >= 0.3 is 21.1 Å². The zero-order valence-electron chi connectivity index (χ0n) is 9.52. The second-order valence-corrected chi connectivity index (χ2v) is 7.05. The van der Waals surface area contributed by atoms with Crippen molar-refractivity contribution in [3.05, 3.63) is 0 Å². The molecule has 1 N–H and O–H groups in total. The highest BCUT2D eigenvalue weighted by Crippen LogP contribution is 2.61. The van der Waals surface area contributed by atoms with Gasteiger partial charge in [0.25, 0.3) is 0 Å². The molecule has 0 amide bonds. The maximum absolute atomic E-state index is 11.8. The van der Waals surface area contributed by atoms with Gasteiger partial charge in [0, 0.05) is 13.5 Å². The maximum atomic E-state index is 11.8. The van der Waals surface area contributed by atoms with Gasteiger partial charge in [0.1, 0.15) is 0 Å². The van der Waals surface area contributed by atoms with Crippen LogP contribution in [0.1, 0.15) is 34.1 Å². The van der Waals surface area contributed by atoms with Gasteiger partial charge in [-0.2, -0.15) is 0 Å². The molecule has 5 nitrogen and oxygen atoms in total. The summed E-state index contributed by atoms with van der Waals surface area (Å²) in [5, 5.41) is -1.62. The number of hydrogen-bond donors (Lipinski definition) is 1. The molecule has 0 aromatic heterocycles. The van der Waals surface area contributed by atoms with Crippen LogP contribution in [0.3, 0.4) is 0 Å². The molecular weight excluding hydrogens is 238 g/mol. The molecule has 0 aliphatic rings. The number of ether oxygens (including phenoxy) is 1. The summed E-state index contributed by atoms with van der Waals surface area (Å²) in [4.78, 5) is 9.68. The molecule has 0 saturated carbocycles. The van der Waals surface area contributed by atoms with E-state index in [2.05, 4.69) is 0 Å². The summed E-state index contributed by atoms with van der Waals surface area (Å²) in [5.74, 6) is 0. The van der Waals surface area contributed by atoms with Crippen LogP contribution in [-0.4, -0.2) is 22.7 Å². The largest absolute Gasteiger partial charge is 0.409 e. The molecule has 4 atom stereocenters. The van der Waals surface area contributed by atoms with Crippen molar-refractivity contribution in [1.82, 2.24) is 0 Å². The van der Waals surface area contributed by atoms with Gasteiger partial charge in [-0.15, -0.1) is 0 Å². The Labute approximate surface area is 91.9 Å². The molecular formula is C8H19O5P2+. The summed E-state index contributed by atoms with van der Waals surface area (Å²) in [5.41, 5.74) is 0. The molecule has 7 heteroatoms. The molecule has 0 aromatic carbocycles. The SMILES string of the molecule is CCOC(C)([PH+]=O)P(=O)(O)OC(C)CC. The fourth-order valence-electron chi connectivity index (χ4n) is 0.869. The summed E-state index contributed by atoms with van der Waals surface area (Å²) in [6, 6.07) is 0. The van der Waals surface area contributed by atoms with E-state index in [-0.39, 0.29) is 12.7 Å². The van der Waals surface area contributed by atoms with Gasteiger partial charge in [-0.3, -0.25) is 4.57 Å². The molecule has 90 valence electrons. The first-order valence-electron chi connectivity index (χ1n) is 4.87. The van der Waals surface area contributed by atoms with Crippen molar-refractivity contribution in [3.8, 4) is 0 Å². The van der Waals surface area contributed by atoms with Gasteiger partial charge in [0.2, 0.25) is 0 Å². The van der Waals surface area contributed by atoms with Crippen molar-refractivity contribution < 1.29 is 23.3 Å². The fraction of sp³-hybridized carbons (Fsp3) is 1.00. The van der Waals surface area contributed by atoms with Crippen molar-refractivity contribution in [1.29, 1.82) is 0 Å². The summed E-state index contributed by atoms with van der Waals surface area (Å²) in [6.45, 7) is 6.72. The Morgan fingerprint density at radius 3 is 2.40 bits per heavy atom. The van der Waals surface area contributed by atoms with E-state index >= 15 is 0 Å². The van der Waals surface area contributed by atoms with E-state index in [9.17, 15) is 14.0 Å². The first kappa shape index (κ1) is 15.2. The van der Waals surface area contributed by atoms with E-state index in [4.69, 9.17) is 9.26 Å². The fourth-order valence-corrected chi connectivity index (χ4v) is 2.82. The van der Waals surface area contributed by atoms with Gasteiger partial charge in [-0.1, -0.05) is 11.5 Å². The monoisotopic (exact) mass is 257 g/mol. The topological polar surface area (TPSA) is 72.8 Å². The smallest absolute Gasteiger partial charge is 0.324 e. The van der Waals surface area contributed by atoms with Crippen LogP contribution in [0.2, 0.25) is 0 Å². The molecule has 0 rings (SSSR count). The van der Waals surface area contributed by atoms with Crippen LogP contribution in [0.15, 0.2) is 0 Å². The van der Waals surface area contributed by atoms with E-state index in [0.29, 0.717) is 6.42 Å². The lowest BCUT2D eigenvalue weighted by Crippen LogP contribution is -2.24. The predicted octanol–water partition coefficient (Wildman–Crippen LogP) is 2.72. The Balaban J connectivity index is 4.80. The van der Waals surface area contributed by atoms with Gasteiger partial charge in [0.15, 0.2) is 0 Å². The molecule has 0 aliphatic heterocycles. The number of hydrogen-bond acceptors (Lipinski definition) is 4. The minimum Gasteiger partial charge on any atom is -0.324 e. The van der Waals surface area contributed by atoms with Gasteiger partial charge in [-0.25, -0.2) is 0 Å². The van der Waals surface area contributed by atoms with Gasteiger partial charge in [0.05, 0.1) is 6.10 Å². The van der Waals surface area contributed by atoms with E-state index in [1.54, 1.807) is 13.8 Å². The second kappa shape index (κ2) is 6.07. The van der Waals surface area contributed by atoms with Crippen LogP contribution in [0.25, 0.3) is 0 Å². The van der Waals surface area contributed by atoms with Crippen LogP contribution in [-0.2, 0) is 18.4 Å². The highest BCUT2D eigenvalue weighted by Gasteiger charge is 2.55. The molecule has 0 fully saturated rings. The summed E-state index contributed by atoms with van der Waals surface area (Å²) < 4.78 is 32.8. The second-order valence-electron chi connectivity index (χ2n) is 3.36. The van der Waals surface area contributed by atoms with Crippen LogP contribution in [0, 0.1) is 0 Å². The van der Waals surface area contributed by atoms with Crippen LogP contribution < -0.4 is 0 Å². The molecule has 0 bridgehead atoms. The minimum atomic E-state index is -4.03. The lowest BCUT2D eigenvalue weighted by Gasteiger charge is -2.23. The zero-order chi connectivity index (χ0) is 12.1. The van der Waals surface area contributed by atoms with Gasteiger partial charge in [-0.05, 0) is 20.3 Å². The molecule has 0 spiro atoms.